The van der Waals surface area contributed by atoms with Crippen molar-refractivity contribution in [2.75, 3.05) is 12.0 Å². The molecule has 0 aliphatic carbocycles. The van der Waals surface area contributed by atoms with Crippen molar-refractivity contribution in [3.8, 4) is 0 Å². The van der Waals surface area contributed by atoms with Gasteiger partial charge in [-0.3, -0.25) is 9.69 Å². The van der Waals surface area contributed by atoms with E-state index in [0.717, 1.165) is 27.9 Å². The van der Waals surface area contributed by atoms with Crippen molar-refractivity contribution in [3.05, 3.63) is 101 Å². The molecule has 0 bridgehead atoms. The van der Waals surface area contributed by atoms with Crippen LogP contribution in [0.25, 0.3) is 0 Å². The van der Waals surface area contributed by atoms with Crippen LogP contribution in [-0.2, 0) is 20.9 Å². The molecule has 1 atom stereocenters. The summed E-state index contributed by atoms with van der Waals surface area (Å²) in [6.45, 7) is 0.324. The standard InChI is InChI=1S/C23H19NO3/c1-27-23(26)22(25)24-15-17-11-5-6-12-18(17)21(16-9-3-2-4-10-16)19-13-7-8-14-20(19)24/h2-14,21H,15H2,1H3. The molecule has 0 spiro atoms. The van der Waals surface area contributed by atoms with Gasteiger partial charge in [0.2, 0.25) is 0 Å². The van der Waals surface area contributed by atoms with Gasteiger partial charge in [0.15, 0.2) is 0 Å². The summed E-state index contributed by atoms with van der Waals surface area (Å²) in [5, 5.41) is 0. The lowest BCUT2D eigenvalue weighted by Crippen LogP contribution is -2.37. The monoisotopic (exact) mass is 357 g/mol. The topological polar surface area (TPSA) is 46.6 Å². The van der Waals surface area contributed by atoms with Crippen molar-refractivity contribution in [3.63, 3.8) is 0 Å². The largest absolute Gasteiger partial charge is 0.462 e. The number of hydrogen-bond donors (Lipinski definition) is 0. The maximum atomic E-state index is 12.7. The molecule has 0 fully saturated rings. The number of rotatable bonds is 1. The van der Waals surface area contributed by atoms with E-state index in [4.69, 9.17) is 4.74 Å². The summed E-state index contributed by atoms with van der Waals surface area (Å²) < 4.78 is 4.69. The number of amides is 1. The minimum atomic E-state index is -0.861. The molecule has 1 amide bonds. The highest BCUT2D eigenvalue weighted by Crippen LogP contribution is 2.42. The second kappa shape index (κ2) is 7.08. The number of para-hydroxylation sites is 1. The molecule has 3 aromatic carbocycles. The Bertz CT molecular complexity index is 997. The van der Waals surface area contributed by atoms with Gasteiger partial charge in [-0.25, -0.2) is 4.79 Å². The van der Waals surface area contributed by atoms with E-state index >= 15 is 0 Å². The van der Waals surface area contributed by atoms with E-state index in [1.807, 2.05) is 60.7 Å². The third-order valence-electron chi connectivity index (χ3n) is 4.97. The zero-order valence-corrected chi connectivity index (χ0v) is 15.0. The fraction of sp³-hybridized carbons (Fsp3) is 0.130. The maximum Gasteiger partial charge on any atom is 0.397 e. The summed E-state index contributed by atoms with van der Waals surface area (Å²) in [6, 6.07) is 26.0. The average molecular weight is 357 g/mol. The predicted octanol–water partition coefficient (Wildman–Crippen LogP) is 3.89. The second-order valence-electron chi connectivity index (χ2n) is 6.48. The summed E-state index contributed by atoms with van der Waals surface area (Å²) in [5.41, 5.74) is 5.02. The molecule has 1 aliphatic heterocycles. The van der Waals surface area contributed by atoms with Gasteiger partial charge in [0.1, 0.15) is 0 Å². The molecule has 4 heteroatoms. The normalized spacial score (nSPS) is 15.3. The Morgan fingerprint density at radius 3 is 2.22 bits per heavy atom. The van der Waals surface area contributed by atoms with Gasteiger partial charge in [0, 0.05) is 11.6 Å². The third-order valence-corrected chi connectivity index (χ3v) is 4.97. The van der Waals surface area contributed by atoms with Gasteiger partial charge in [-0.1, -0.05) is 72.8 Å². The summed E-state index contributed by atoms with van der Waals surface area (Å²) in [7, 11) is 1.23. The molecule has 4 nitrogen and oxygen atoms in total. The molecular weight excluding hydrogens is 338 g/mol. The number of carbonyl (C=O) groups is 2. The van der Waals surface area contributed by atoms with Crippen molar-refractivity contribution in [2.24, 2.45) is 0 Å². The first-order valence-corrected chi connectivity index (χ1v) is 8.82. The highest BCUT2D eigenvalue weighted by atomic mass is 16.5. The van der Waals surface area contributed by atoms with Crippen LogP contribution in [0.15, 0.2) is 78.9 Å². The second-order valence-corrected chi connectivity index (χ2v) is 6.48. The highest BCUT2D eigenvalue weighted by molar-refractivity contribution is 6.38. The quantitative estimate of drug-likeness (QED) is 0.490. The number of fused-ring (bicyclic) bond motifs is 2. The number of hydrogen-bond acceptors (Lipinski definition) is 3. The minimum Gasteiger partial charge on any atom is -0.462 e. The number of esters is 1. The van der Waals surface area contributed by atoms with E-state index in [1.165, 1.54) is 12.0 Å². The van der Waals surface area contributed by atoms with Gasteiger partial charge in [-0.15, -0.1) is 0 Å². The first kappa shape index (κ1) is 17.0. The number of carbonyl (C=O) groups excluding carboxylic acids is 2. The summed E-state index contributed by atoms with van der Waals surface area (Å²) >= 11 is 0. The van der Waals surface area contributed by atoms with Crippen LogP contribution in [0, 0.1) is 0 Å². The van der Waals surface area contributed by atoms with E-state index in [9.17, 15) is 9.59 Å². The van der Waals surface area contributed by atoms with Crippen molar-refractivity contribution < 1.29 is 14.3 Å². The highest BCUT2D eigenvalue weighted by Gasteiger charge is 2.33. The SMILES string of the molecule is COC(=O)C(=O)N1Cc2ccccc2C(c2ccccc2)c2ccccc21. The van der Waals surface area contributed by atoms with E-state index in [1.54, 1.807) is 0 Å². The van der Waals surface area contributed by atoms with Crippen molar-refractivity contribution in [1.29, 1.82) is 0 Å². The Morgan fingerprint density at radius 1 is 0.852 bits per heavy atom. The fourth-order valence-electron chi connectivity index (χ4n) is 3.74. The number of anilines is 1. The summed E-state index contributed by atoms with van der Waals surface area (Å²) in [5.74, 6) is -1.54. The lowest BCUT2D eigenvalue weighted by atomic mass is 9.83. The van der Waals surface area contributed by atoms with Gasteiger partial charge in [0.05, 0.1) is 13.7 Å². The smallest absolute Gasteiger partial charge is 0.397 e. The van der Waals surface area contributed by atoms with Crippen LogP contribution in [-0.4, -0.2) is 19.0 Å². The fourth-order valence-corrected chi connectivity index (χ4v) is 3.74. The molecule has 0 aromatic heterocycles. The Hall–Kier alpha value is -3.40. The van der Waals surface area contributed by atoms with E-state index in [2.05, 4.69) is 18.2 Å². The minimum absolute atomic E-state index is 0.0194. The van der Waals surface area contributed by atoms with Crippen LogP contribution >= 0.6 is 0 Å². The lowest BCUT2D eigenvalue weighted by molar-refractivity contribution is -0.151. The predicted molar refractivity (Wildman–Crippen MR) is 103 cm³/mol. The van der Waals surface area contributed by atoms with E-state index in [-0.39, 0.29) is 5.92 Å². The number of benzene rings is 3. The molecule has 0 saturated carbocycles. The van der Waals surface area contributed by atoms with Crippen LogP contribution < -0.4 is 4.90 Å². The van der Waals surface area contributed by atoms with Gasteiger partial charge in [-0.05, 0) is 28.3 Å². The number of nitrogens with zero attached hydrogens (tertiary/aromatic N) is 1. The van der Waals surface area contributed by atoms with Crippen molar-refractivity contribution >= 4 is 17.6 Å². The molecule has 1 unspecified atom stereocenters. The lowest BCUT2D eigenvalue weighted by Gasteiger charge is -2.23. The molecule has 27 heavy (non-hydrogen) atoms. The Morgan fingerprint density at radius 2 is 1.48 bits per heavy atom. The van der Waals surface area contributed by atoms with Gasteiger partial charge in [0.25, 0.3) is 0 Å². The number of methoxy groups -OCH3 is 1. The first-order valence-electron chi connectivity index (χ1n) is 8.82. The molecule has 0 saturated heterocycles. The number of ether oxygens (including phenoxy) is 1. The molecular formula is C23H19NO3. The molecule has 134 valence electrons. The average Bonchev–Trinajstić information content (AvgIpc) is 2.88. The third kappa shape index (κ3) is 2.99. The maximum absolute atomic E-state index is 12.7. The molecule has 4 rings (SSSR count). The van der Waals surface area contributed by atoms with Crippen LogP contribution in [0.4, 0.5) is 5.69 Å². The van der Waals surface area contributed by atoms with Gasteiger partial charge in [-0.2, -0.15) is 0 Å². The Balaban J connectivity index is 1.97. The zero-order chi connectivity index (χ0) is 18.8. The Labute approximate surface area is 158 Å². The zero-order valence-electron chi connectivity index (χ0n) is 15.0. The van der Waals surface area contributed by atoms with Crippen LogP contribution in [0.5, 0.6) is 0 Å². The van der Waals surface area contributed by atoms with Crippen LogP contribution in [0.2, 0.25) is 0 Å². The summed E-state index contributed by atoms with van der Waals surface area (Å²) in [6.07, 6.45) is 0. The van der Waals surface area contributed by atoms with E-state index < -0.39 is 11.9 Å². The van der Waals surface area contributed by atoms with Gasteiger partial charge < -0.3 is 4.74 Å². The molecule has 1 heterocycles. The Kier molecular flexibility index (Phi) is 4.47. The molecule has 1 aliphatic rings. The van der Waals surface area contributed by atoms with Crippen LogP contribution in [0.1, 0.15) is 28.2 Å². The first-order chi connectivity index (χ1) is 13.2. The molecule has 3 aromatic rings. The molecule has 0 radical (unpaired) electrons. The van der Waals surface area contributed by atoms with Crippen molar-refractivity contribution in [1.82, 2.24) is 0 Å². The molecule has 0 N–H and O–H groups in total. The van der Waals surface area contributed by atoms with E-state index in [0.29, 0.717) is 6.54 Å². The van der Waals surface area contributed by atoms with Gasteiger partial charge >= 0.3 is 11.9 Å². The van der Waals surface area contributed by atoms with Crippen molar-refractivity contribution in [2.45, 2.75) is 12.5 Å². The van der Waals surface area contributed by atoms with Crippen LogP contribution in [0.3, 0.4) is 0 Å². The summed E-state index contributed by atoms with van der Waals surface area (Å²) in [4.78, 5) is 26.2.